The Morgan fingerprint density at radius 3 is 1.50 bits per heavy atom. The number of hydrogen-bond donors (Lipinski definition) is 0. The smallest absolute Gasteiger partial charge is 0.135 e. The Morgan fingerprint density at radius 2 is 0.816 bits per heavy atom. The minimum atomic E-state index is -0.189. The lowest BCUT2D eigenvalue weighted by atomic mass is 9.70. The van der Waals surface area contributed by atoms with Gasteiger partial charge in [0.05, 0.1) is 16.4 Å². The number of rotatable bonds is 3. The fourth-order valence-corrected chi connectivity index (χ4v) is 11.9. The molecule has 370 valence electrons. The van der Waals surface area contributed by atoms with Gasteiger partial charge < -0.3 is 8.98 Å². The molecule has 2 aliphatic carbocycles. The Bertz CT molecular complexity index is 4130. The summed E-state index contributed by atoms with van der Waals surface area (Å²) in [7, 11) is 0. The third-order valence-corrected chi connectivity index (χ3v) is 15.1. The average Bonchev–Trinajstić information content (AvgIpc) is 4.42. The molecule has 0 atom stereocenters. The van der Waals surface area contributed by atoms with E-state index in [0.29, 0.717) is 0 Å². The highest BCUT2D eigenvalue weighted by Gasteiger charge is 2.51. The number of furan rings is 1. The summed E-state index contributed by atoms with van der Waals surface area (Å²) >= 11 is 0. The first-order valence-corrected chi connectivity index (χ1v) is 27.0. The van der Waals surface area contributed by atoms with Crippen LogP contribution in [-0.2, 0) is 5.41 Å². The summed E-state index contributed by atoms with van der Waals surface area (Å²) in [4.78, 5) is 0. The molecule has 2 heterocycles. The van der Waals surface area contributed by atoms with E-state index >= 15 is 0 Å². The maximum atomic E-state index is 6.10. The molecule has 1 spiro atoms. The molecule has 0 fully saturated rings. The predicted molar refractivity (Wildman–Crippen MR) is 325 cm³/mol. The summed E-state index contributed by atoms with van der Waals surface area (Å²) in [6.45, 7) is 14.5. The molecule has 0 radical (unpaired) electrons. The summed E-state index contributed by atoms with van der Waals surface area (Å²) < 4.78 is 8.45. The monoisotopic (exact) mass is 981 g/mol. The van der Waals surface area contributed by atoms with Gasteiger partial charge in [-0.25, -0.2) is 0 Å². The number of benzene rings is 11. The molecule has 11 aromatic carbocycles. The zero-order chi connectivity index (χ0) is 52.3. The van der Waals surface area contributed by atoms with Crippen LogP contribution in [0.25, 0.3) is 93.9 Å². The standard InChI is InChI=1S/C31H21NO.C26H18.C13H12.2C2H6/c1-20-8-7-13-30-31(20)26-19-22(15-17-29(26)33-30)21-14-16-28-25(18-21)24-11-5-6-12-27(24)32(28)23-9-3-2-4-10-23;1-17-9-8-16-24-25(17)20-12-4-7-15-23(20)26(24)21-13-5-2-10-18(21)19-11-3-6-14-22(19)26;1-11-7-9-13(10-8-11)12-5-3-2-4-6-12;2*1-2/h2-19H,1H3;2-16H,1H3;2-10H,1H3;2*1-2H3. The van der Waals surface area contributed by atoms with Crippen LogP contribution in [-0.4, -0.2) is 4.57 Å². The third kappa shape index (κ3) is 8.32. The van der Waals surface area contributed by atoms with Crippen molar-refractivity contribution in [1.82, 2.24) is 4.57 Å². The van der Waals surface area contributed by atoms with E-state index in [1.165, 1.54) is 122 Å². The van der Waals surface area contributed by atoms with Crippen LogP contribution in [0.1, 0.15) is 66.6 Å². The Hall–Kier alpha value is -8.98. The van der Waals surface area contributed by atoms with Crippen LogP contribution >= 0.6 is 0 Å². The van der Waals surface area contributed by atoms with E-state index in [1.54, 1.807) is 0 Å². The largest absolute Gasteiger partial charge is 0.456 e. The van der Waals surface area contributed by atoms with Crippen molar-refractivity contribution in [2.45, 2.75) is 53.9 Å². The van der Waals surface area contributed by atoms with Gasteiger partial charge in [0.1, 0.15) is 11.2 Å². The molecule has 0 unspecified atom stereocenters. The molecule has 0 bridgehead atoms. The van der Waals surface area contributed by atoms with Crippen LogP contribution < -0.4 is 0 Å². The van der Waals surface area contributed by atoms with Gasteiger partial charge in [0.25, 0.3) is 0 Å². The number of nitrogens with zero attached hydrogens (tertiary/aromatic N) is 1. The van der Waals surface area contributed by atoms with Gasteiger partial charge in [0.2, 0.25) is 0 Å². The van der Waals surface area contributed by atoms with Gasteiger partial charge in [-0.2, -0.15) is 0 Å². The van der Waals surface area contributed by atoms with E-state index in [9.17, 15) is 0 Å². The molecule has 2 aliphatic rings. The first-order valence-electron chi connectivity index (χ1n) is 27.0. The van der Waals surface area contributed by atoms with Crippen LogP contribution in [0.3, 0.4) is 0 Å². The van der Waals surface area contributed by atoms with Gasteiger partial charge in [-0.1, -0.05) is 240 Å². The first-order chi connectivity index (χ1) is 37.5. The molecule has 0 saturated heterocycles. The lowest BCUT2D eigenvalue weighted by Gasteiger charge is -2.30. The average molecular weight is 982 g/mol. The van der Waals surface area contributed by atoms with Crippen LogP contribution in [0.15, 0.2) is 259 Å². The first kappa shape index (κ1) is 49.2. The number of fused-ring (bicyclic) bond motifs is 16. The fraction of sp³-hybridized carbons (Fsp3) is 0.108. The quantitative estimate of drug-likeness (QED) is 0.173. The molecular formula is C74H63NO. The molecule has 0 amide bonds. The van der Waals surface area contributed by atoms with Crippen LogP contribution in [0.5, 0.6) is 0 Å². The normalized spacial score (nSPS) is 12.0. The number of aromatic nitrogens is 1. The van der Waals surface area contributed by atoms with Crippen molar-refractivity contribution in [3.63, 3.8) is 0 Å². The molecule has 0 N–H and O–H groups in total. The molecule has 2 aromatic heterocycles. The maximum Gasteiger partial charge on any atom is 0.135 e. The molecule has 15 rings (SSSR count). The zero-order valence-electron chi connectivity index (χ0n) is 44.6. The summed E-state index contributed by atoms with van der Waals surface area (Å²) in [5.41, 5.74) is 25.4. The number of aryl methyl sites for hydroxylation is 3. The zero-order valence-corrected chi connectivity index (χ0v) is 44.6. The van der Waals surface area contributed by atoms with Crippen LogP contribution in [0.4, 0.5) is 0 Å². The third-order valence-electron chi connectivity index (χ3n) is 15.1. The van der Waals surface area contributed by atoms with E-state index in [4.69, 9.17) is 4.42 Å². The van der Waals surface area contributed by atoms with Crippen LogP contribution in [0.2, 0.25) is 0 Å². The van der Waals surface area contributed by atoms with E-state index in [-0.39, 0.29) is 5.41 Å². The SMILES string of the molecule is CC.CC.Cc1ccc(-c2ccccc2)cc1.Cc1cccc2c1-c1ccccc1C21c2ccccc2-c2ccccc21.Cc1cccc2oc3ccc(-c4ccc5c(c4)c4ccccc4n5-c4ccccc4)cc3c12. The minimum Gasteiger partial charge on any atom is -0.456 e. The molecule has 2 heteroatoms. The van der Waals surface area contributed by atoms with Gasteiger partial charge in [-0.05, 0) is 147 Å². The lowest BCUT2D eigenvalue weighted by molar-refractivity contribution is 0.669. The topological polar surface area (TPSA) is 18.1 Å². The molecule has 0 aliphatic heterocycles. The van der Waals surface area contributed by atoms with E-state index in [2.05, 4.69) is 268 Å². The van der Waals surface area contributed by atoms with E-state index < -0.39 is 0 Å². The lowest BCUT2D eigenvalue weighted by Crippen LogP contribution is -2.25. The van der Waals surface area contributed by atoms with Crippen molar-refractivity contribution >= 4 is 43.7 Å². The number of para-hydroxylation sites is 2. The van der Waals surface area contributed by atoms with Gasteiger partial charge in [-0.3, -0.25) is 0 Å². The molecule has 76 heavy (non-hydrogen) atoms. The molecular weight excluding hydrogens is 919 g/mol. The summed E-state index contributed by atoms with van der Waals surface area (Å²) in [6.07, 6.45) is 0. The Labute approximate surface area is 448 Å². The minimum absolute atomic E-state index is 0.189. The summed E-state index contributed by atoms with van der Waals surface area (Å²) in [5, 5.41) is 4.91. The van der Waals surface area contributed by atoms with Crippen molar-refractivity contribution in [1.29, 1.82) is 0 Å². The second kappa shape index (κ2) is 21.1. The highest BCUT2D eigenvalue weighted by atomic mass is 16.3. The van der Waals surface area contributed by atoms with Gasteiger partial charge in [-0.15, -0.1) is 0 Å². The van der Waals surface area contributed by atoms with Crippen molar-refractivity contribution in [3.8, 4) is 50.2 Å². The van der Waals surface area contributed by atoms with Crippen molar-refractivity contribution < 1.29 is 4.42 Å². The Balaban J connectivity index is 0.000000127. The van der Waals surface area contributed by atoms with Crippen molar-refractivity contribution in [3.05, 3.63) is 294 Å². The second-order valence-corrected chi connectivity index (χ2v) is 19.3. The summed E-state index contributed by atoms with van der Waals surface area (Å²) in [6, 6.07) is 91.5. The van der Waals surface area contributed by atoms with Crippen molar-refractivity contribution in [2.75, 3.05) is 0 Å². The second-order valence-electron chi connectivity index (χ2n) is 19.3. The summed E-state index contributed by atoms with van der Waals surface area (Å²) in [5.74, 6) is 0. The maximum absolute atomic E-state index is 6.10. The molecule has 0 saturated carbocycles. The Morgan fingerprint density at radius 1 is 0.329 bits per heavy atom. The van der Waals surface area contributed by atoms with E-state index in [1.807, 2.05) is 39.8 Å². The highest BCUT2D eigenvalue weighted by molar-refractivity contribution is 6.12. The van der Waals surface area contributed by atoms with Crippen LogP contribution in [0, 0.1) is 20.8 Å². The number of hydrogen-bond acceptors (Lipinski definition) is 1. The van der Waals surface area contributed by atoms with E-state index in [0.717, 1.165) is 11.2 Å². The highest BCUT2D eigenvalue weighted by Crippen LogP contribution is 2.63. The fourth-order valence-electron chi connectivity index (χ4n) is 11.9. The van der Waals surface area contributed by atoms with Gasteiger partial charge in [0.15, 0.2) is 0 Å². The van der Waals surface area contributed by atoms with Gasteiger partial charge in [0, 0.05) is 27.2 Å². The van der Waals surface area contributed by atoms with Crippen molar-refractivity contribution in [2.24, 2.45) is 0 Å². The molecule has 13 aromatic rings. The Kier molecular flexibility index (Phi) is 13.7. The predicted octanol–water partition coefficient (Wildman–Crippen LogP) is 20.7. The molecule has 2 nitrogen and oxygen atoms in total. The van der Waals surface area contributed by atoms with Gasteiger partial charge >= 0.3 is 0 Å².